The van der Waals surface area contributed by atoms with Crippen LogP contribution in [0.25, 0.3) is 0 Å². The van der Waals surface area contributed by atoms with Crippen molar-refractivity contribution in [3.63, 3.8) is 0 Å². The molecule has 0 radical (unpaired) electrons. The van der Waals surface area contributed by atoms with Gasteiger partial charge in [-0.15, -0.1) is 0 Å². The lowest BCUT2D eigenvalue weighted by Gasteiger charge is -2.42. The first-order valence-corrected chi connectivity index (χ1v) is 35.0. The molecule has 2 saturated heterocycles. The third kappa shape index (κ3) is 25.6. The van der Waals surface area contributed by atoms with Gasteiger partial charge < -0.3 is 71.2 Å². The second-order valence-electron chi connectivity index (χ2n) is 27.9. The first-order chi connectivity index (χ1) is 46.2. The average Bonchev–Trinajstić information content (AvgIpc) is 1.52. The van der Waals surface area contributed by atoms with E-state index in [0.717, 1.165) is 0 Å². The van der Waals surface area contributed by atoms with E-state index in [-0.39, 0.29) is 111 Å². The number of anilines is 1. The number of aliphatic carboxylic acids is 1. The largest absolute Gasteiger partial charge is 0.481 e. The summed E-state index contributed by atoms with van der Waals surface area (Å²) in [5.74, 6) is -6.32. The summed E-state index contributed by atoms with van der Waals surface area (Å²) < 4.78 is 18.2. The standard InChI is InChI=1S/C70H120N12O16/c1-19-44(9)61(79(14)67(90)46(11)63(97-18)51-25-23-35-82(51)57(86)39-53(96-17)62(45(10)20-2)80(15)68(91)59(42(5)6)76-66(89)60(43(7)8)78(12)13)52(95-16)38-55(84)77-98-40-47-28-30-49(31-29-47)73-64(87)50(24-22-34-72-70(71)94)74-65(88)58(41(3)4)75-54(83)26-21-27-56(85)81-36-32-48(33-37-81)69(92)93/h28-31,41-46,48,50-53,58-63H,19-27,32-40H2,1-18H3,(H,73,87)(H,74,88)(H,75,83)(H,76,89)(H,77,84)(H,92,93)(H3,71,72,94)/t44-,45-,46+,50+,51-,52+,53+,58+,59-,60-,61-,62-,63+/m0/s1. The number of hydrogen-bond donors (Lipinski definition) is 8. The van der Waals surface area contributed by atoms with Crippen LogP contribution in [0.2, 0.25) is 0 Å². The Morgan fingerprint density at radius 3 is 1.71 bits per heavy atom. The van der Waals surface area contributed by atoms with Crippen LogP contribution >= 0.6 is 0 Å². The molecule has 0 aliphatic carbocycles. The van der Waals surface area contributed by atoms with Gasteiger partial charge in [0.1, 0.15) is 18.1 Å². The van der Waals surface area contributed by atoms with Crippen molar-refractivity contribution in [2.75, 3.05) is 81.0 Å². The summed E-state index contributed by atoms with van der Waals surface area (Å²) in [4.78, 5) is 162. The summed E-state index contributed by atoms with van der Waals surface area (Å²) in [5.41, 5.74) is 8.73. The number of carboxylic acid groups (broad SMARTS) is 1. The van der Waals surface area contributed by atoms with Gasteiger partial charge in [-0.05, 0) is 106 Å². The average molecular weight is 1390 g/mol. The number of benzene rings is 1. The van der Waals surface area contributed by atoms with Crippen molar-refractivity contribution in [1.82, 2.24) is 51.2 Å². The number of hydrogen-bond acceptors (Lipinski definition) is 16. The Kier molecular flexibility index (Phi) is 36.7. The van der Waals surface area contributed by atoms with Gasteiger partial charge in [-0.25, -0.2) is 10.3 Å². The Hall–Kier alpha value is -7.01. The number of nitrogens with zero attached hydrogens (tertiary/aromatic N) is 5. The van der Waals surface area contributed by atoms with Crippen LogP contribution in [-0.2, 0) is 73.6 Å². The van der Waals surface area contributed by atoms with Crippen LogP contribution in [0.3, 0.4) is 0 Å². The van der Waals surface area contributed by atoms with E-state index in [1.54, 1.807) is 78.7 Å². The topological polar surface area (TPSA) is 359 Å². The molecule has 0 bridgehead atoms. The van der Waals surface area contributed by atoms with E-state index in [1.807, 2.05) is 74.4 Å². The summed E-state index contributed by atoms with van der Waals surface area (Å²) in [6.07, 6.45) is 1.47. The van der Waals surface area contributed by atoms with E-state index in [2.05, 4.69) is 32.1 Å². The van der Waals surface area contributed by atoms with Crippen molar-refractivity contribution >= 4 is 70.9 Å². The molecule has 3 rings (SSSR count). The third-order valence-corrected chi connectivity index (χ3v) is 19.5. The molecular formula is C70H120N12O16. The fraction of sp³-hybridized carbons (Fsp3) is 0.757. The molecule has 0 saturated carbocycles. The van der Waals surface area contributed by atoms with Crippen molar-refractivity contribution in [2.24, 2.45) is 47.2 Å². The molecule has 1 aromatic carbocycles. The van der Waals surface area contributed by atoms with Crippen molar-refractivity contribution < 1.29 is 76.9 Å². The van der Waals surface area contributed by atoms with Crippen LogP contribution in [0.4, 0.5) is 10.5 Å². The summed E-state index contributed by atoms with van der Waals surface area (Å²) in [7, 11) is 11.6. The Balaban J connectivity index is 1.67. The van der Waals surface area contributed by atoms with E-state index < -0.39 is 114 Å². The predicted molar refractivity (Wildman–Crippen MR) is 371 cm³/mol. The number of piperidine rings is 1. The van der Waals surface area contributed by atoms with Crippen LogP contribution in [0.15, 0.2) is 24.3 Å². The first kappa shape index (κ1) is 85.2. The van der Waals surface area contributed by atoms with Crippen LogP contribution in [0, 0.1) is 41.4 Å². The number of amides is 11. The number of carbonyl (C=O) groups excluding carboxylic acids is 10. The van der Waals surface area contributed by atoms with Crippen molar-refractivity contribution in [1.29, 1.82) is 0 Å². The zero-order valence-electron chi connectivity index (χ0n) is 61.7. The van der Waals surface area contributed by atoms with Gasteiger partial charge in [-0.2, -0.15) is 0 Å². The summed E-state index contributed by atoms with van der Waals surface area (Å²) >= 11 is 0. The number of carbonyl (C=O) groups is 11. The lowest BCUT2D eigenvalue weighted by Crippen LogP contribution is -2.59. The Bertz CT molecular complexity index is 2740. The van der Waals surface area contributed by atoms with E-state index in [1.165, 1.54) is 21.3 Å². The minimum atomic E-state index is -1.11. The molecule has 2 aliphatic heterocycles. The van der Waals surface area contributed by atoms with Crippen LogP contribution in [-0.4, -0.2) is 231 Å². The molecule has 9 N–H and O–H groups in total. The number of carboxylic acids is 1. The number of likely N-dealkylation sites (N-methyl/N-ethyl adjacent to an activating group) is 3. The lowest BCUT2D eigenvalue weighted by atomic mass is 9.88. The van der Waals surface area contributed by atoms with Crippen LogP contribution in [0.5, 0.6) is 0 Å². The van der Waals surface area contributed by atoms with Gasteiger partial charge in [0.2, 0.25) is 53.2 Å². The number of nitrogens with two attached hydrogens (primary N) is 1. The maximum atomic E-state index is 14.8. The zero-order chi connectivity index (χ0) is 73.8. The molecule has 0 unspecified atom stereocenters. The minimum absolute atomic E-state index is 0.00272. The molecule has 2 aliphatic rings. The normalized spacial score (nSPS) is 18.0. The van der Waals surface area contributed by atoms with Gasteiger partial charge in [0.05, 0.1) is 73.8 Å². The summed E-state index contributed by atoms with van der Waals surface area (Å²) in [5, 5.41) is 23.1. The van der Waals surface area contributed by atoms with E-state index in [4.69, 9.17) is 24.8 Å². The monoisotopic (exact) mass is 1380 g/mol. The number of nitrogens with one attached hydrogen (secondary N) is 6. The van der Waals surface area contributed by atoms with Gasteiger partial charge in [-0.1, -0.05) is 101 Å². The smallest absolute Gasteiger partial charge is 0.312 e. The molecule has 28 heteroatoms. The quantitative estimate of drug-likeness (QED) is 0.0326. The lowest BCUT2D eigenvalue weighted by molar-refractivity contribution is -0.152. The SMILES string of the molecule is CC[C@H](C)[C@@H]([C@@H](CC(=O)N1CCC[C@H]1[C@H](OC)[C@@H](C)C(=O)N(C)[C@@H]([C@@H](C)CC)[C@@H](CC(=O)NOCc1ccc(NC(=O)[C@@H](CCCNC(N)=O)NC(=O)[C@H](NC(=O)CCCC(=O)N2CCC(C(=O)O)CC2)C(C)C)cc1)OC)OC)N(C)C(=O)[C@@H](NC(=O)[C@H](C(C)C)N(C)C)C(C)C. The molecule has 98 heavy (non-hydrogen) atoms. The molecule has 11 amide bonds. The van der Waals surface area contributed by atoms with Gasteiger partial charge in [-0.3, -0.25) is 57.7 Å². The summed E-state index contributed by atoms with van der Waals surface area (Å²) in [6.45, 7) is 22.1. The Morgan fingerprint density at radius 1 is 0.633 bits per heavy atom. The Labute approximate surface area is 581 Å². The molecule has 1 aromatic rings. The highest BCUT2D eigenvalue weighted by Gasteiger charge is 2.45. The molecule has 0 spiro atoms. The molecule has 2 heterocycles. The maximum Gasteiger partial charge on any atom is 0.312 e. The molecular weight excluding hydrogens is 1260 g/mol. The number of ether oxygens (including phenoxy) is 3. The van der Waals surface area contributed by atoms with Crippen LogP contribution < -0.4 is 37.8 Å². The number of urea groups is 1. The summed E-state index contributed by atoms with van der Waals surface area (Å²) in [6, 6.07) is 0.813. The van der Waals surface area contributed by atoms with E-state index >= 15 is 0 Å². The van der Waals surface area contributed by atoms with Gasteiger partial charge >= 0.3 is 12.0 Å². The van der Waals surface area contributed by atoms with Gasteiger partial charge in [0.15, 0.2) is 0 Å². The molecule has 28 nitrogen and oxygen atoms in total. The fourth-order valence-electron chi connectivity index (χ4n) is 13.6. The van der Waals surface area contributed by atoms with Crippen molar-refractivity contribution in [3.8, 4) is 0 Å². The Morgan fingerprint density at radius 2 is 1.20 bits per heavy atom. The number of methoxy groups -OCH3 is 3. The first-order valence-electron chi connectivity index (χ1n) is 35.0. The predicted octanol–water partition coefficient (Wildman–Crippen LogP) is 4.67. The van der Waals surface area contributed by atoms with E-state index in [0.29, 0.717) is 69.4 Å². The highest BCUT2D eigenvalue weighted by atomic mass is 16.7. The highest BCUT2D eigenvalue weighted by molar-refractivity contribution is 5.98. The van der Waals surface area contributed by atoms with E-state index in [9.17, 15) is 57.8 Å². The molecule has 2 fully saturated rings. The minimum Gasteiger partial charge on any atom is -0.481 e. The van der Waals surface area contributed by atoms with Crippen molar-refractivity contribution in [3.05, 3.63) is 29.8 Å². The zero-order valence-corrected chi connectivity index (χ0v) is 61.7. The van der Waals surface area contributed by atoms with Crippen LogP contribution in [0.1, 0.15) is 165 Å². The van der Waals surface area contributed by atoms with Gasteiger partial charge in [0, 0.05) is 80.1 Å². The molecule has 13 atom stereocenters. The fourth-order valence-corrected chi connectivity index (χ4v) is 13.6. The van der Waals surface area contributed by atoms with Gasteiger partial charge in [0.25, 0.3) is 0 Å². The number of likely N-dealkylation sites (tertiary alicyclic amines) is 2. The van der Waals surface area contributed by atoms with Crippen molar-refractivity contribution in [2.45, 2.75) is 227 Å². The molecule has 556 valence electrons. The number of primary amides is 1. The third-order valence-electron chi connectivity index (χ3n) is 19.5. The number of rotatable bonds is 42. The molecule has 0 aromatic heterocycles. The highest BCUT2D eigenvalue weighted by Crippen LogP contribution is 2.32. The maximum absolute atomic E-state index is 14.8. The number of hydroxylamine groups is 1. The second-order valence-corrected chi connectivity index (χ2v) is 27.9. The second kappa shape index (κ2) is 42.2.